The monoisotopic (exact) mass is 163 g/mol. The highest BCUT2D eigenvalue weighted by atomic mass is 28.2. The minimum Gasteiger partial charge on any atom is -0.508 e. The molecule has 10 heavy (non-hydrogen) atoms. The van der Waals surface area contributed by atoms with Crippen molar-refractivity contribution >= 4 is 36.5 Å². The Balaban J connectivity index is 3.34. The van der Waals surface area contributed by atoms with Crippen LogP contribution in [-0.2, 0) is 0 Å². The quantitative estimate of drug-likeness (QED) is 0.280. The minimum absolute atomic E-state index is 0.177. The molecule has 0 bridgehead atoms. The van der Waals surface area contributed by atoms with Gasteiger partial charge in [-0.25, -0.2) is 0 Å². The van der Waals surface area contributed by atoms with Gasteiger partial charge in [-0.2, -0.15) is 0 Å². The van der Waals surface area contributed by atoms with Gasteiger partial charge in [0, 0.05) is 5.69 Å². The number of phenolic OH excluding ortho intramolecular Hbond substituents is 1. The number of hydrogen-bond donors (Lipinski definition) is 2. The third kappa shape index (κ3) is 1.07. The summed E-state index contributed by atoms with van der Waals surface area (Å²) in [5.41, 5.74) is 6.10. The summed E-state index contributed by atoms with van der Waals surface area (Å²) in [5.74, 6) is 0.177. The van der Waals surface area contributed by atoms with E-state index in [0.29, 0.717) is 16.1 Å². The molecule has 0 saturated carbocycles. The molecule has 1 aromatic rings. The lowest BCUT2D eigenvalue weighted by Crippen LogP contribution is -2.28. The first-order valence-corrected chi connectivity index (χ1v) is 3.67. The summed E-state index contributed by atoms with van der Waals surface area (Å²) in [6.07, 6.45) is 0. The molecular weight excluding hydrogens is 158 g/mol. The zero-order valence-corrected chi connectivity index (χ0v) is 7.18. The van der Waals surface area contributed by atoms with Crippen LogP contribution in [0.15, 0.2) is 12.1 Å². The van der Waals surface area contributed by atoms with E-state index in [2.05, 4.69) is 20.5 Å². The number of anilines is 1. The molecule has 0 fully saturated rings. The number of benzene rings is 1. The predicted molar refractivity (Wildman–Crippen MR) is 43.3 cm³/mol. The summed E-state index contributed by atoms with van der Waals surface area (Å²) in [7, 11) is 6.45. The fraction of sp³-hybridized carbons (Fsp3) is 0. The van der Waals surface area contributed by atoms with E-state index >= 15 is 0 Å². The Labute approximate surface area is 65.9 Å². The summed E-state index contributed by atoms with van der Waals surface area (Å²) in [5, 5.41) is 10.3. The van der Waals surface area contributed by atoms with Crippen molar-refractivity contribution < 1.29 is 5.11 Å². The number of nitrogen functional groups attached to an aromatic ring is 1. The highest BCUT2D eigenvalue weighted by molar-refractivity contribution is 6.51. The second-order valence-electron chi connectivity index (χ2n) is 1.92. The lowest BCUT2D eigenvalue weighted by Gasteiger charge is -2.04. The second kappa shape index (κ2) is 2.47. The van der Waals surface area contributed by atoms with E-state index in [-0.39, 0.29) is 5.75 Å². The minimum atomic E-state index is 0.177. The average molecular weight is 163 g/mol. The Morgan fingerprint density at radius 1 is 1.20 bits per heavy atom. The van der Waals surface area contributed by atoms with Gasteiger partial charge in [0.1, 0.15) is 5.75 Å². The van der Waals surface area contributed by atoms with E-state index in [1.54, 1.807) is 6.07 Å². The molecule has 4 heteroatoms. The molecule has 0 amide bonds. The zero-order valence-electron chi connectivity index (χ0n) is 5.18. The standard InChI is InChI=1S/C6H5NOSi2/c7-3-1-2-4(8)6(10)5(3)9/h1-2,8H,7H2. The maximum Gasteiger partial charge on any atom is 0.113 e. The van der Waals surface area contributed by atoms with Crippen LogP contribution in [0.25, 0.3) is 0 Å². The largest absolute Gasteiger partial charge is 0.508 e. The van der Waals surface area contributed by atoms with Crippen molar-refractivity contribution in [2.24, 2.45) is 0 Å². The molecule has 0 saturated heterocycles. The molecule has 0 aliphatic heterocycles. The van der Waals surface area contributed by atoms with E-state index in [0.717, 1.165) is 0 Å². The van der Waals surface area contributed by atoms with E-state index in [9.17, 15) is 0 Å². The molecule has 1 rings (SSSR count). The summed E-state index contributed by atoms with van der Waals surface area (Å²) in [4.78, 5) is 0. The van der Waals surface area contributed by atoms with Crippen molar-refractivity contribution in [3.05, 3.63) is 12.1 Å². The molecule has 0 aliphatic rings. The smallest absolute Gasteiger partial charge is 0.113 e. The number of hydrogen-bond acceptors (Lipinski definition) is 2. The lowest BCUT2D eigenvalue weighted by molar-refractivity contribution is 0.480. The van der Waals surface area contributed by atoms with Crippen LogP contribution >= 0.6 is 0 Å². The van der Waals surface area contributed by atoms with Gasteiger partial charge in [0.25, 0.3) is 0 Å². The Morgan fingerprint density at radius 3 is 2.30 bits per heavy atom. The Bertz CT molecular complexity index is 235. The molecule has 0 atom stereocenters. The van der Waals surface area contributed by atoms with Crippen LogP contribution in [0.5, 0.6) is 5.75 Å². The molecule has 1 aromatic carbocycles. The summed E-state index contributed by atoms with van der Waals surface area (Å²) >= 11 is 0. The van der Waals surface area contributed by atoms with Gasteiger partial charge in [-0.3, -0.25) is 0 Å². The number of phenols is 1. The van der Waals surface area contributed by atoms with Gasteiger partial charge in [-0.05, 0) is 22.5 Å². The van der Waals surface area contributed by atoms with Gasteiger partial charge in [0.15, 0.2) is 0 Å². The number of nitrogens with two attached hydrogens (primary N) is 1. The van der Waals surface area contributed by atoms with Crippen LogP contribution in [0.4, 0.5) is 5.69 Å². The van der Waals surface area contributed by atoms with Crippen molar-refractivity contribution in [1.82, 2.24) is 0 Å². The van der Waals surface area contributed by atoms with Gasteiger partial charge in [0.05, 0.1) is 20.5 Å². The highest BCUT2D eigenvalue weighted by Gasteiger charge is 2.00. The van der Waals surface area contributed by atoms with Crippen LogP contribution in [0.1, 0.15) is 0 Å². The maximum atomic E-state index is 9.09. The third-order valence-corrected chi connectivity index (χ3v) is 2.51. The molecule has 48 valence electrons. The van der Waals surface area contributed by atoms with E-state index in [1.807, 2.05) is 0 Å². The summed E-state index contributed by atoms with van der Waals surface area (Å²) in [6, 6.07) is 3.16. The summed E-state index contributed by atoms with van der Waals surface area (Å²) < 4.78 is 0. The topological polar surface area (TPSA) is 46.2 Å². The highest BCUT2D eigenvalue weighted by Crippen LogP contribution is 2.03. The Hall–Kier alpha value is -0.746. The Morgan fingerprint density at radius 2 is 1.80 bits per heavy atom. The zero-order chi connectivity index (χ0) is 7.72. The van der Waals surface area contributed by atoms with Crippen molar-refractivity contribution in [2.45, 2.75) is 0 Å². The van der Waals surface area contributed by atoms with Gasteiger partial charge in [-0.15, -0.1) is 0 Å². The fourth-order valence-electron chi connectivity index (χ4n) is 0.608. The third-order valence-electron chi connectivity index (χ3n) is 1.22. The first-order chi connectivity index (χ1) is 4.63. The molecule has 0 unspecified atom stereocenters. The lowest BCUT2D eigenvalue weighted by atomic mass is 10.3. The molecule has 2 nitrogen and oxygen atoms in total. The van der Waals surface area contributed by atoms with Crippen LogP contribution in [0.3, 0.4) is 0 Å². The fourth-order valence-corrected chi connectivity index (χ4v) is 1.05. The van der Waals surface area contributed by atoms with E-state index in [1.165, 1.54) is 6.07 Å². The molecule has 0 spiro atoms. The van der Waals surface area contributed by atoms with Crippen molar-refractivity contribution in [2.75, 3.05) is 5.73 Å². The molecule has 3 N–H and O–H groups in total. The number of aromatic hydroxyl groups is 1. The predicted octanol–water partition coefficient (Wildman–Crippen LogP) is -1.44. The first kappa shape index (κ1) is 7.36. The SMILES string of the molecule is Nc1ccc(O)c([Si])c1[Si]. The van der Waals surface area contributed by atoms with Crippen LogP contribution in [0, 0.1) is 0 Å². The number of rotatable bonds is 0. The van der Waals surface area contributed by atoms with E-state index < -0.39 is 0 Å². The van der Waals surface area contributed by atoms with Gasteiger partial charge in [0.2, 0.25) is 0 Å². The first-order valence-electron chi connectivity index (χ1n) is 2.67. The van der Waals surface area contributed by atoms with Gasteiger partial charge < -0.3 is 10.8 Å². The summed E-state index contributed by atoms with van der Waals surface area (Å²) in [6.45, 7) is 0. The van der Waals surface area contributed by atoms with Crippen molar-refractivity contribution in [1.29, 1.82) is 0 Å². The van der Waals surface area contributed by atoms with E-state index in [4.69, 9.17) is 10.8 Å². The van der Waals surface area contributed by atoms with Gasteiger partial charge >= 0.3 is 0 Å². The van der Waals surface area contributed by atoms with Crippen LogP contribution in [-0.4, -0.2) is 25.6 Å². The normalized spacial score (nSPS) is 9.80. The van der Waals surface area contributed by atoms with Crippen LogP contribution in [0.2, 0.25) is 0 Å². The average Bonchev–Trinajstić information content (AvgIpc) is 1.93. The molecule has 6 radical (unpaired) electrons. The molecule has 0 aliphatic carbocycles. The molecule has 0 aromatic heterocycles. The van der Waals surface area contributed by atoms with Gasteiger partial charge in [-0.1, -0.05) is 0 Å². The van der Waals surface area contributed by atoms with Crippen LogP contribution < -0.4 is 16.1 Å². The Kier molecular flexibility index (Phi) is 1.82. The van der Waals surface area contributed by atoms with Crippen molar-refractivity contribution in [3.8, 4) is 5.75 Å². The van der Waals surface area contributed by atoms with Crippen molar-refractivity contribution in [3.63, 3.8) is 0 Å². The second-order valence-corrected chi connectivity index (χ2v) is 2.92. The molecule has 0 heterocycles. The molecular formula is C6H5NOSi2. The maximum absolute atomic E-state index is 9.09.